The zero-order valence-electron chi connectivity index (χ0n) is 14.4. The van der Waals surface area contributed by atoms with Gasteiger partial charge in [0.25, 0.3) is 0 Å². The maximum atomic E-state index is 5.52. The summed E-state index contributed by atoms with van der Waals surface area (Å²) in [5.74, 6) is 2.33. The fourth-order valence-corrected chi connectivity index (χ4v) is 3.21. The van der Waals surface area contributed by atoms with Crippen LogP contribution in [0.4, 0.5) is 0 Å². The van der Waals surface area contributed by atoms with Gasteiger partial charge in [-0.1, -0.05) is 18.2 Å². The second-order valence-corrected chi connectivity index (χ2v) is 6.18. The summed E-state index contributed by atoms with van der Waals surface area (Å²) < 4.78 is 16.4. The lowest BCUT2D eigenvalue weighted by molar-refractivity contribution is 0.174. The summed E-state index contributed by atoms with van der Waals surface area (Å²) in [5.41, 5.74) is 3.36. The highest BCUT2D eigenvalue weighted by molar-refractivity contribution is 5.81. The van der Waals surface area contributed by atoms with Crippen LogP contribution in [0.3, 0.4) is 0 Å². The second kappa shape index (κ2) is 6.61. The quantitative estimate of drug-likeness (QED) is 0.712. The van der Waals surface area contributed by atoms with E-state index >= 15 is 0 Å². The molecule has 2 heterocycles. The number of benzene rings is 2. The number of para-hydroxylation sites is 1. The molecule has 0 aliphatic carbocycles. The van der Waals surface area contributed by atoms with Crippen LogP contribution in [0, 0.1) is 0 Å². The predicted molar refractivity (Wildman–Crippen MR) is 96.0 cm³/mol. The van der Waals surface area contributed by atoms with Crippen molar-refractivity contribution in [3.8, 4) is 17.2 Å². The molecule has 0 saturated heterocycles. The van der Waals surface area contributed by atoms with Crippen LogP contribution < -0.4 is 14.2 Å². The molecule has 0 spiro atoms. The van der Waals surface area contributed by atoms with Gasteiger partial charge in [-0.2, -0.15) is 0 Å². The molecule has 3 aromatic rings. The van der Waals surface area contributed by atoms with Gasteiger partial charge in [0.2, 0.25) is 6.79 Å². The number of pyridine rings is 1. The Morgan fingerprint density at radius 1 is 1.04 bits per heavy atom. The molecule has 0 N–H and O–H groups in total. The fourth-order valence-electron chi connectivity index (χ4n) is 3.21. The van der Waals surface area contributed by atoms with Crippen LogP contribution in [0.5, 0.6) is 17.2 Å². The smallest absolute Gasteiger partial charge is 0.231 e. The van der Waals surface area contributed by atoms with Crippen LogP contribution >= 0.6 is 0 Å². The maximum absolute atomic E-state index is 5.52. The molecule has 0 amide bonds. The van der Waals surface area contributed by atoms with Crippen LogP contribution in [-0.2, 0) is 13.1 Å². The largest absolute Gasteiger partial charge is 0.496 e. The molecule has 0 saturated carbocycles. The summed E-state index contributed by atoms with van der Waals surface area (Å²) in [6.45, 7) is 1.83. The van der Waals surface area contributed by atoms with Crippen LogP contribution in [0.1, 0.15) is 11.1 Å². The van der Waals surface area contributed by atoms with Crippen LogP contribution in [0.15, 0.2) is 48.7 Å². The van der Waals surface area contributed by atoms with Gasteiger partial charge in [-0.3, -0.25) is 9.88 Å². The van der Waals surface area contributed by atoms with Gasteiger partial charge < -0.3 is 14.2 Å². The van der Waals surface area contributed by atoms with Crippen molar-refractivity contribution < 1.29 is 14.2 Å². The third-order valence-electron chi connectivity index (χ3n) is 4.40. The summed E-state index contributed by atoms with van der Waals surface area (Å²) in [6.07, 6.45) is 1.87. The Bertz CT molecular complexity index is 905. The van der Waals surface area contributed by atoms with Gasteiger partial charge in [-0.15, -0.1) is 0 Å². The number of nitrogens with zero attached hydrogens (tertiary/aromatic N) is 2. The van der Waals surface area contributed by atoms with E-state index in [1.165, 1.54) is 10.9 Å². The van der Waals surface area contributed by atoms with E-state index in [9.17, 15) is 0 Å². The van der Waals surface area contributed by atoms with Crippen molar-refractivity contribution in [3.05, 3.63) is 59.8 Å². The van der Waals surface area contributed by atoms with Gasteiger partial charge in [-0.05, 0) is 30.8 Å². The fraction of sp³-hybridized carbons (Fsp3) is 0.250. The van der Waals surface area contributed by atoms with E-state index in [4.69, 9.17) is 14.2 Å². The monoisotopic (exact) mass is 336 g/mol. The topological polar surface area (TPSA) is 43.8 Å². The molecule has 128 valence electrons. The molecule has 1 aliphatic rings. The molecule has 0 atom stereocenters. The Labute approximate surface area is 146 Å². The summed E-state index contributed by atoms with van der Waals surface area (Å²) in [6, 6.07) is 14.2. The molecular formula is C20H20N2O3. The molecule has 0 bridgehead atoms. The van der Waals surface area contributed by atoms with Gasteiger partial charge in [0.1, 0.15) is 5.75 Å². The maximum Gasteiger partial charge on any atom is 0.231 e. The summed E-state index contributed by atoms with van der Waals surface area (Å²) in [7, 11) is 3.77. The lowest BCUT2D eigenvalue weighted by Gasteiger charge is -2.19. The van der Waals surface area contributed by atoms with Crippen molar-refractivity contribution in [1.29, 1.82) is 0 Å². The summed E-state index contributed by atoms with van der Waals surface area (Å²) in [5, 5.41) is 1.19. The van der Waals surface area contributed by atoms with Crippen molar-refractivity contribution in [1.82, 2.24) is 9.88 Å². The van der Waals surface area contributed by atoms with Gasteiger partial charge in [-0.25, -0.2) is 0 Å². The van der Waals surface area contributed by atoms with Gasteiger partial charge >= 0.3 is 0 Å². The third-order valence-corrected chi connectivity index (χ3v) is 4.40. The van der Waals surface area contributed by atoms with Gasteiger partial charge in [0, 0.05) is 36.3 Å². The minimum absolute atomic E-state index is 0.265. The van der Waals surface area contributed by atoms with Crippen molar-refractivity contribution in [2.45, 2.75) is 13.1 Å². The van der Waals surface area contributed by atoms with E-state index in [0.29, 0.717) is 0 Å². The highest BCUT2D eigenvalue weighted by Gasteiger charge is 2.18. The lowest BCUT2D eigenvalue weighted by Crippen LogP contribution is -2.18. The van der Waals surface area contributed by atoms with Crippen molar-refractivity contribution in [2.75, 3.05) is 21.0 Å². The van der Waals surface area contributed by atoms with Crippen molar-refractivity contribution in [2.24, 2.45) is 0 Å². The van der Waals surface area contributed by atoms with Crippen LogP contribution in [-0.4, -0.2) is 30.8 Å². The van der Waals surface area contributed by atoms with Crippen LogP contribution in [0.2, 0.25) is 0 Å². The normalized spacial score (nSPS) is 12.8. The third kappa shape index (κ3) is 3.10. The first-order valence-electron chi connectivity index (χ1n) is 8.22. The average molecular weight is 336 g/mol. The molecule has 25 heavy (non-hydrogen) atoms. The molecule has 5 heteroatoms. The Kier molecular flexibility index (Phi) is 4.15. The molecule has 1 aliphatic heterocycles. The van der Waals surface area contributed by atoms with Crippen LogP contribution in [0.25, 0.3) is 10.9 Å². The first-order valence-corrected chi connectivity index (χ1v) is 8.22. The number of fused-ring (bicyclic) bond motifs is 2. The second-order valence-electron chi connectivity index (χ2n) is 6.18. The van der Waals surface area contributed by atoms with Gasteiger partial charge in [0.15, 0.2) is 11.5 Å². The Morgan fingerprint density at radius 3 is 2.64 bits per heavy atom. The Balaban J connectivity index is 1.57. The number of hydrogen-bond acceptors (Lipinski definition) is 5. The molecule has 5 nitrogen and oxygen atoms in total. The van der Waals surface area contributed by atoms with E-state index in [-0.39, 0.29) is 6.79 Å². The van der Waals surface area contributed by atoms with E-state index < -0.39 is 0 Å². The number of ether oxygens (including phenoxy) is 3. The summed E-state index contributed by atoms with van der Waals surface area (Å²) >= 11 is 0. The molecule has 1 aromatic heterocycles. The molecular weight excluding hydrogens is 316 g/mol. The average Bonchev–Trinajstić information content (AvgIpc) is 3.08. The lowest BCUT2D eigenvalue weighted by atomic mass is 10.1. The first-order chi connectivity index (χ1) is 12.2. The number of hydrogen-bond donors (Lipinski definition) is 0. The molecule has 4 rings (SSSR count). The van der Waals surface area contributed by atoms with E-state index in [0.717, 1.165) is 41.4 Å². The zero-order valence-corrected chi connectivity index (χ0v) is 14.4. The van der Waals surface area contributed by atoms with E-state index in [1.54, 1.807) is 7.11 Å². The standard InChI is InChI=1S/C20H20N2O3/c1-22(11-14-7-8-21-17-6-4-3-5-16(14)17)12-15-9-19-20(25-13-24-19)10-18(15)23-2/h3-10H,11-13H2,1-2H3. The molecule has 0 unspecified atom stereocenters. The first kappa shape index (κ1) is 15.7. The predicted octanol–water partition coefficient (Wildman–Crippen LogP) is 3.60. The molecule has 0 fully saturated rings. The molecule has 2 aromatic carbocycles. The van der Waals surface area contributed by atoms with Gasteiger partial charge in [0.05, 0.1) is 12.6 Å². The minimum atomic E-state index is 0.265. The minimum Gasteiger partial charge on any atom is -0.496 e. The van der Waals surface area contributed by atoms with E-state index in [2.05, 4.69) is 29.1 Å². The molecule has 0 radical (unpaired) electrons. The highest BCUT2D eigenvalue weighted by atomic mass is 16.7. The number of methoxy groups -OCH3 is 1. The SMILES string of the molecule is COc1cc2c(cc1CN(C)Cc1ccnc3ccccc13)OCO2. The van der Waals surface area contributed by atoms with Crippen molar-refractivity contribution in [3.63, 3.8) is 0 Å². The Morgan fingerprint density at radius 2 is 1.80 bits per heavy atom. The summed E-state index contributed by atoms with van der Waals surface area (Å²) in [4.78, 5) is 6.68. The Hall–Kier alpha value is -2.79. The van der Waals surface area contributed by atoms with E-state index in [1.807, 2.05) is 36.5 Å². The highest BCUT2D eigenvalue weighted by Crippen LogP contribution is 2.38. The number of aromatic nitrogens is 1. The van der Waals surface area contributed by atoms with Crippen molar-refractivity contribution >= 4 is 10.9 Å². The zero-order chi connectivity index (χ0) is 17.2. The number of rotatable bonds is 5.